The summed E-state index contributed by atoms with van der Waals surface area (Å²) in [6.45, 7) is 5.53. The van der Waals surface area contributed by atoms with E-state index in [9.17, 15) is 9.59 Å². The Labute approximate surface area is 189 Å². The number of likely N-dealkylation sites (tertiary alicyclic amines) is 1. The number of nitrogens with zero attached hydrogens (tertiary/aromatic N) is 3. The summed E-state index contributed by atoms with van der Waals surface area (Å²) in [5, 5.41) is 2.58. The Bertz CT molecular complexity index is 1130. The van der Waals surface area contributed by atoms with Gasteiger partial charge in [-0.05, 0) is 40.5 Å². The molecule has 2 saturated heterocycles. The van der Waals surface area contributed by atoms with Crippen molar-refractivity contribution in [3.8, 4) is 0 Å². The quantitative estimate of drug-likeness (QED) is 0.620. The number of carbonyl (C=O) groups excluding carboxylic acids is 2. The van der Waals surface area contributed by atoms with Crippen LogP contribution in [0.3, 0.4) is 0 Å². The van der Waals surface area contributed by atoms with Crippen LogP contribution in [0.5, 0.6) is 0 Å². The lowest BCUT2D eigenvalue weighted by molar-refractivity contribution is -0.128. The average Bonchev–Trinajstić information content (AvgIpc) is 3.24. The van der Waals surface area contributed by atoms with Gasteiger partial charge in [0, 0.05) is 57.8 Å². The topological polar surface area (TPSA) is 43.9 Å². The van der Waals surface area contributed by atoms with Gasteiger partial charge in [0.25, 0.3) is 5.91 Å². The van der Waals surface area contributed by atoms with Crippen molar-refractivity contribution in [2.24, 2.45) is 0 Å². The first-order valence-corrected chi connectivity index (χ1v) is 11.5. The van der Waals surface area contributed by atoms with Gasteiger partial charge in [0.15, 0.2) is 0 Å². The standard InChI is InChI=1S/C27H29N3O2/c31-26-12-5-13-30(26)19-21-6-3-9-23(18-21)27(32)29-16-14-28(15-17-29)20-24-10-4-8-22-7-1-2-11-25(22)24/h1-4,6-11,18H,5,12-17,19-20H2. The smallest absolute Gasteiger partial charge is 0.253 e. The summed E-state index contributed by atoms with van der Waals surface area (Å²) >= 11 is 0. The van der Waals surface area contributed by atoms with Crippen LogP contribution in [-0.2, 0) is 17.9 Å². The van der Waals surface area contributed by atoms with Crippen LogP contribution < -0.4 is 0 Å². The zero-order valence-electron chi connectivity index (χ0n) is 18.4. The molecule has 164 valence electrons. The minimum atomic E-state index is 0.0874. The fraction of sp³-hybridized carbons (Fsp3) is 0.333. The SMILES string of the molecule is O=C1CCCN1Cc1cccc(C(=O)N2CCN(Cc3cccc4ccccc34)CC2)c1. The van der Waals surface area contributed by atoms with Crippen molar-refractivity contribution in [2.75, 3.05) is 32.7 Å². The minimum absolute atomic E-state index is 0.0874. The van der Waals surface area contributed by atoms with Gasteiger partial charge in [0.2, 0.25) is 5.91 Å². The molecule has 0 N–H and O–H groups in total. The molecule has 0 saturated carbocycles. The van der Waals surface area contributed by atoms with Crippen LogP contribution in [0.4, 0.5) is 0 Å². The van der Waals surface area contributed by atoms with Crippen LogP contribution in [0.25, 0.3) is 10.8 Å². The third kappa shape index (κ3) is 4.39. The summed E-state index contributed by atoms with van der Waals surface area (Å²) in [4.78, 5) is 31.3. The molecule has 2 heterocycles. The summed E-state index contributed by atoms with van der Waals surface area (Å²) in [6, 6.07) is 22.8. The van der Waals surface area contributed by atoms with Crippen LogP contribution in [0.1, 0.15) is 34.3 Å². The molecule has 0 spiro atoms. The number of fused-ring (bicyclic) bond motifs is 1. The molecule has 32 heavy (non-hydrogen) atoms. The molecule has 2 fully saturated rings. The highest BCUT2D eigenvalue weighted by Gasteiger charge is 2.24. The molecule has 3 aromatic carbocycles. The van der Waals surface area contributed by atoms with E-state index in [1.165, 1.54) is 16.3 Å². The predicted octanol–water partition coefficient (Wildman–Crippen LogP) is 3.92. The fourth-order valence-electron chi connectivity index (χ4n) is 4.86. The van der Waals surface area contributed by atoms with Gasteiger partial charge in [-0.1, -0.05) is 54.6 Å². The average molecular weight is 428 g/mol. The van der Waals surface area contributed by atoms with E-state index in [2.05, 4.69) is 47.4 Å². The Kier molecular flexibility index (Phi) is 5.91. The van der Waals surface area contributed by atoms with Gasteiger partial charge >= 0.3 is 0 Å². The zero-order valence-corrected chi connectivity index (χ0v) is 18.4. The Balaban J connectivity index is 1.20. The molecular formula is C27H29N3O2. The number of carbonyl (C=O) groups is 2. The predicted molar refractivity (Wildman–Crippen MR) is 126 cm³/mol. The second kappa shape index (κ2) is 9.13. The number of piperazine rings is 1. The first kappa shape index (κ1) is 20.7. The van der Waals surface area contributed by atoms with Crippen molar-refractivity contribution in [3.05, 3.63) is 83.4 Å². The normalized spacial score (nSPS) is 17.3. The molecule has 0 radical (unpaired) electrons. The minimum Gasteiger partial charge on any atom is -0.338 e. The van der Waals surface area contributed by atoms with Gasteiger partial charge in [0.05, 0.1) is 0 Å². The molecule has 0 unspecified atom stereocenters. The van der Waals surface area contributed by atoms with E-state index < -0.39 is 0 Å². The van der Waals surface area contributed by atoms with Crippen molar-refractivity contribution in [1.29, 1.82) is 0 Å². The molecule has 0 atom stereocenters. The maximum Gasteiger partial charge on any atom is 0.253 e. The molecule has 0 bridgehead atoms. The molecule has 0 aliphatic carbocycles. The largest absolute Gasteiger partial charge is 0.338 e. The van der Waals surface area contributed by atoms with E-state index >= 15 is 0 Å². The Morgan fingerprint density at radius 1 is 0.812 bits per heavy atom. The van der Waals surface area contributed by atoms with Gasteiger partial charge in [-0.2, -0.15) is 0 Å². The van der Waals surface area contributed by atoms with Crippen LogP contribution in [0, 0.1) is 0 Å². The first-order valence-electron chi connectivity index (χ1n) is 11.5. The summed E-state index contributed by atoms with van der Waals surface area (Å²) < 4.78 is 0. The summed E-state index contributed by atoms with van der Waals surface area (Å²) in [5.41, 5.74) is 3.09. The second-order valence-electron chi connectivity index (χ2n) is 8.83. The summed E-state index contributed by atoms with van der Waals surface area (Å²) in [5.74, 6) is 0.299. The number of hydrogen-bond donors (Lipinski definition) is 0. The molecule has 5 rings (SSSR count). The number of rotatable bonds is 5. The monoisotopic (exact) mass is 427 g/mol. The number of hydrogen-bond acceptors (Lipinski definition) is 3. The highest BCUT2D eigenvalue weighted by molar-refractivity contribution is 5.94. The number of amides is 2. The Morgan fingerprint density at radius 2 is 1.59 bits per heavy atom. The van der Waals surface area contributed by atoms with E-state index in [1.54, 1.807) is 0 Å². The molecule has 3 aromatic rings. The van der Waals surface area contributed by atoms with Crippen molar-refractivity contribution in [3.63, 3.8) is 0 Å². The lowest BCUT2D eigenvalue weighted by Gasteiger charge is -2.35. The van der Waals surface area contributed by atoms with Gasteiger partial charge in [-0.3, -0.25) is 14.5 Å². The van der Waals surface area contributed by atoms with Crippen LogP contribution in [0.15, 0.2) is 66.7 Å². The van der Waals surface area contributed by atoms with E-state index in [4.69, 9.17) is 0 Å². The lowest BCUT2D eigenvalue weighted by Crippen LogP contribution is -2.48. The van der Waals surface area contributed by atoms with Crippen molar-refractivity contribution < 1.29 is 9.59 Å². The van der Waals surface area contributed by atoms with Gasteiger partial charge in [-0.25, -0.2) is 0 Å². The highest BCUT2D eigenvalue weighted by atomic mass is 16.2. The molecule has 5 heteroatoms. The maximum absolute atomic E-state index is 13.1. The highest BCUT2D eigenvalue weighted by Crippen LogP contribution is 2.21. The van der Waals surface area contributed by atoms with E-state index in [-0.39, 0.29) is 11.8 Å². The Hall–Kier alpha value is -3.18. The number of benzene rings is 3. The zero-order chi connectivity index (χ0) is 21.9. The van der Waals surface area contributed by atoms with Crippen LogP contribution >= 0.6 is 0 Å². The fourth-order valence-corrected chi connectivity index (χ4v) is 4.86. The van der Waals surface area contributed by atoms with Crippen LogP contribution in [-0.4, -0.2) is 59.2 Å². The molecule has 2 aliphatic rings. The molecule has 5 nitrogen and oxygen atoms in total. The van der Waals surface area contributed by atoms with Crippen molar-refractivity contribution in [1.82, 2.24) is 14.7 Å². The first-order chi connectivity index (χ1) is 15.7. The van der Waals surface area contributed by atoms with Crippen molar-refractivity contribution >= 4 is 22.6 Å². The molecule has 2 amide bonds. The maximum atomic E-state index is 13.1. The Morgan fingerprint density at radius 3 is 2.41 bits per heavy atom. The molecule has 0 aromatic heterocycles. The summed E-state index contributed by atoms with van der Waals surface area (Å²) in [6.07, 6.45) is 1.57. The second-order valence-corrected chi connectivity index (χ2v) is 8.83. The third-order valence-electron chi connectivity index (χ3n) is 6.65. The van der Waals surface area contributed by atoms with Gasteiger partial charge in [0.1, 0.15) is 0 Å². The van der Waals surface area contributed by atoms with Crippen LogP contribution in [0.2, 0.25) is 0 Å². The van der Waals surface area contributed by atoms with Gasteiger partial charge < -0.3 is 9.80 Å². The van der Waals surface area contributed by atoms with Crippen molar-refractivity contribution in [2.45, 2.75) is 25.9 Å². The van der Waals surface area contributed by atoms with E-state index in [0.717, 1.165) is 56.8 Å². The lowest BCUT2D eigenvalue weighted by atomic mass is 10.0. The van der Waals surface area contributed by atoms with E-state index in [1.807, 2.05) is 34.1 Å². The molecular weight excluding hydrogens is 398 g/mol. The third-order valence-corrected chi connectivity index (χ3v) is 6.65. The summed E-state index contributed by atoms with van der Waals surface area (Å²) in [7, 11) is 0. The molecule has 2 aliphatic heterocycles. The van der Waals surface area contributed by atoms with Gasteiger partial charge in [-0.15, -0.1) is 0 Å². The van der Waals surface area contributed by atoms with E-state index in [0.29, 0.717) is 13.0 Å².